The summed E-state index contributed by atoms with van der Waals surface area (Å²) >= 11 is 0. The van der Waals surface area contributed by atoms with E-state index in [9.17, 15) is 0 Å². The average Bonchev–Trinajstić information content (AvgIpc) is 2.74. The van der Waals surface area contributed by atoms with Crippen LogP contribution in [0, 0.1) is 11.3 Å². The van der Waals surface area contributed by atoms with Gasteiger partial charge in [-0.25, -0.2) is 0 Å². The molecule has 0 saturated carbocycles. The van der Waals surface area contributed by atoms with Crippen LogP contribution in [0.3, 0.4) is 0 Å². The van der Waals surface area contributed by atoms with Gasteiger partial charge in [0.2, 0.25) is 0 Å². The smallest absolute Gasteiger partial charge is 0.191 e. The van der Waals surface area contributed by atoms with E-state index in [2.05, 4.69) is 63.9 Å². The molecule has 6 heteroatoms. The summed E-state index contributed by atoms with van der Waals surface area (Å²) in [6.07, 6.45) is 2.21. The van der Waals surface area contributed by atoms with Crippen LogP contribution in [0.15, 0.2) is 59.6 Å². The number of hydrogen-bond donors (Lipinski definition) is 2. The second kappa shape index (κ2) is 11.8. The topological polar surface area (TPSA) is 63.5 Å². The lowest BCUT2D eigenvalue weighted by atomic mass is 9.97. The quantitative estimate of drug-likeness (QED) is 0.369. The highest BCUT2D eigenvalue weighted by molar-refractivity contribution is 14.0. The molecule has 0 amide bonds. The lowest BCUT2D eigenvalue weighted by Gasteiger charge is -2.38. The van der Waals surface area contributed by atoms with Crippen molar-refractivity contribution in [2.24, 2.45) is 4.99 Å². The molecule has 1 saturated heterocycles. The molecule has 2 aromatic carbocycles. The fourth-order valence-corrected chi connectivity index (χ4v) is 3.68. The molecule has 0 aromatic heterocycles. The third-order valence-corrected chi connectivity index (χ3v) is 5.35. The summed E-state index contributed by atoms with van der Waals surface area (Å²) < 4.78 is 0. The molecular weight excluding hydrogens is 473 g/mol. The van der Waals surface area contributed by atoms with Crippen molar-refractivity contribution >= 4 is 29.9 Å². The molecule has 154 valence electrons. The first-order chi connectivity index (χ1) is 13.7. The van der Waals surface area contributed by atoms with Gasteiger partial charge in [-0.15, -0.1) is 24.0 Å². The van der Waals surface area contributed by atoms with Gasteiger partial charge in [-0.05, 0) is 43.0 Å². The van der Waals surface area contributed by atoms with E-state index in [1.165, 1.54) is 5.56 Å². The maximum Gasteiger partial charge on any atom is 0.191 e. The minimum absolute atomic E-state index is 0. The molecule has 2 atom stereocenters. The summed E-state index contributed by atoms with van der Waals surface area (Å²) in [6, 6.07) is 21.4. The van der Waals surface area contributed by atoms with Crippen molar-refractivity contribution in [1.29, 1.82) is 5.26 Å². The van der Waals surface area contributed by atoms with Crippen LogP contribution in [0.2, 0.25) is 0 Å². The highest BCUT2D eigenvalue weighted by Crippen LogP contribution is 2.20. The summed E-state index contributed by atoms with van der Waals surface area (Å²) in [5.74, 6) is 0.832. The maximum absolute atomic E-state index is 8.89. The first-order valence-corrected chi connectivity index (χ1v) is 9.92. The molecule has 0 radical (unpaired) electrons. The average molecular weight is 503 g/mol. The monoisotopic (exact) mass is 503 g/mol. The fourth-order valence-electron chi connectivity index (χ4n) is 3.68. The zero-order valence-corrected chi connectivity index (χ0v) is 19.5. The van der Waals surface area contributed by atoms with Gasteiger partial charge in [0.15, 0.2) is 5.96 Å². The Bertz CT molecular complexity index is 813. The van der Waals surface area contributed by atoms with Crippen LogP contribution >= 0.6 is 24.0 Å². The Hall–Kier alpha value is -2.11. The Morgan fingerprint density at radius 3 is 2.48 bits per heavy atom. The van der Waals surface area contributed by atoms with Gasteiger partial charge in [0, 0.05) is 38.8 Å². The molecule has 1 aliphatic heterocycles. The van der Waals surface area contributed by atoms with Crippen LogP contribution in [0.4, 0.5) is 0 Å². The van der Waals surface area contributed by atoms with E-state index in [0.29, 0.717) is 24.2 Å². The second-order valence-electron chi connectivity index (χ2n) is 7.41. The maximum atomic E-state index is 8.89. The van der Waals surface area contributed by atoms with Gasteiger partial charge in [0.05, 0.1) is 11.6 Å². The number of hydrogen-bond acceptors (Lipinski definition) is 3. The summed E-state index contributed by atoms with van der Waals surface area (Å²) in [6.45, 7) is 5.10. The SMILES string of the molecule is CN=C(NCc1ccc(C#N)cc1)NC1CCN(Cc2ccccc2)C(C)C1.I. The molecule has 5 nitrogen and oxygen atoms in total. The molecule has 2 unspecified atom stereocenters. The molecule has 2 N–H and O–H groups in total. The first-order valence-electron chi connectivity index (χ1n) is 9.92. The highest BCUT2D eigenvalue weighted by Gasteiger charge is 2.25. The van der Waals surface area contributed by atoms with Crippen molar-refractivity contribution in [3.8, 4) is 6.07 Å². The van der Waals surface area contributed by atoms with E-state index in [4.69, 9.17) is 5.26 Å². The van der Waals surface area contributed by atoms with Gasteiger partial charge in [-0.2, -0.15) is 5.26 Å². The van der Waals surface area contributed by atoms with Crippen molar-refractivity contribution in [2.45, 2.75) is 44.9 Å². The normalized spacial score (nSPS) is 19.7. The van der Waals surface area contributed by atoms with Crippen molar-refractivity contribution in [1.82, 2.24) is 15.5 Å². The Labute approximate surface area is 191 Å². The molecule has 29 heavy (non-hydrogen) atoms. The van der Waals surface area contributed by atoms with Crippen LogP contribution in [-0.2, 0) is 13.1 Å². The van der Waals surface area contributed by atoms with E-state index < -0.39 is 0 Å². The Kier molecular flexibility index (Phi) is 9.42. The van der Waals surface area contributed by atoms with Crippen LogP contribution in [0.1, 0.15) is 36.5 Å². The van der Waals surface area contributed by atoms with Crippen LogP contribution in [0.25, 0.3) is 0 Å². The van der Waals surface area contributed by atoms with Crippen LogP contribution in [0.5, 0.6) is 0 Å². The van der Waals surface area contributed by atoms with Crippen molar-refractivity contribution in [3.63, 3.8) is 0 Å². The van der Waals surface area contributed by atoms with E-state index in [-0.39, 0.29) is 24.0 Å². The number of nitriles is 1. The second-order valence-corrected chi connectivity index (χ2v) is 7.41. The number of aliphatic imine (C=N–C) groups is 1. The molecule has 3 rings (SSSR count). The molecule has 1 fully saturated rings. The predicted molar refractivity (Wildman–Crippen MR) is 129 cm³/mol. The zero-order valence-electron chi connectivity index (χ0n) is 17.1. The number of piperidine rings is 1. The Balaban J connectivity index is 0.00000300. The lowest BCUT2D eigenvalue weighted by molar-refractivity contribution is 0.134. The lowest BCUT2D eigenvalue weighted by Crippen LogP contribution is -2.51. The van der Waals surface area contributed by atoms with Gasteiger partial charge in [0.1, 0.15) is 0 Å². The number of benzene rings is 2. The van der Waals surface area contributed by atoms with Crippen molar-refractivity contribution in [2.75, 3.05) is 13.6 Å². The molecule has 0 aliphatic carbocycles. The predicted octanol–water partition coefficient (Wildman–Crippen LogP) is 3.89. The summed E-state index contributed by atoms with van der Waals surface area (Å²) in [7, 11) is 1.81. The van der Waals surface area contributed by atoms with Gasteiger partial charge in [-0.3, -0.25) is 9.89 Å². The van der Waals surface area contributed by atoms with E-state index >= 15 is 0 Å². The van der Waals surface area contributed by atoms with E-state index in [1.54, 1.807) is 0 Å². The van der Waals surface area contributed by atoms with Crippen LogP contribution in [-0.4, -0.2) is 36.5 Å². The third kappa shape index (κ3) is 7.02. The third-order valence-electron chi connectivity index (χ3n) is 5.35. The number of guanidine groups is 1. The van der Waals surface area contributed by atoms with Crippen molar-refractivity contribution < 1.29 is 0 Å². The number of rotatable bonds is 5. The molecule has 1 heterocycles. The Morgan fingerprint density at radius 2 is 1.86 bits per heavy atom. The molecule has 0 bridgehead atoms. The van der Waals surface area contributed by atoms with Gasteiger partial charge >= 0.3 is 0 Å². The molecule has 0 spiro atoms. The van der Waals surface area contributed by atoms with E-state index in [0.717, 1.165) is 37.5 Å². The summed E-state index contributed by atoms with van der Waals surface area (Å²) in [5, 5.41) is 15.8. The van der Waals surface area contributed by atoms with Crippen molar-refractivity contribution in [3.05, 3.63) is 71.3 Å². The van der Waals surface area contributed by atoms with Crippen LogP contribution < -0.4 is 10.6 Å². The van der Waals surface area contributed by atoms with Gasteiger partial charge < -0.3 is 10.6 Å². The number of nitrogens with one attached hydrogen (secondary N) is 2. The van der Waals surface area contributed by atoms with Gasteiger partial charge in [0.25, 0.3) is 0 Å². The fraction of sp³-hybridized carbons (Fsp3) is 0.391. The number of nitrogens with zero attached hydrogens (tertiary/aromatic N) is 3. The first kappa shape index (κ1) is 23.2. The van der Waals surface area contributed by atoms with Gasteiger partial charge in [-0.1, -0.05) is 42.5 Å². The zero-order chi connectivity index (χ0) is 19.8. The molecule has 2 aromatic rings. The Morgan fingerprint density at radius 1 is 1.14 bits per heavy atom. The molecular formula is C23H30IN5. The minimum atomic E-state index is 0. The van der Waals surface area contributed by atoms with E-state index in [1.807, 2.05) is 31.3 Å². The largest absolute Gasteiger partial charge is 0.354 e. The number of likely N-dealkylation sites (tertiary alicyclic amines) is 1. The standard InChI is InChI=1S/C23H29N5.HI/c1-18-14-22(12-13-28(18)17-21-6-4-3-5-7-21)27-23(25-2)26-16-20-10-8-19(15-24)9-11-20;/h3-11,18,22H,12-14,16-17H2,1-2H3,(H2,25,26,27);1H. The summed E-state index contributed by atoms with van der Waals surface area (Å²) in [4.78, 5) is 6.93. The molecule has 1 aliphatic rings. The number of halogens is 1. The minimum Gasteiger partial charge on any atom is -0.354 e. The highest BCUT2D eigenvalue weighted by atomic mass is 127. The summed E-state index contributed by atoms with van der Waals surface area (Å²) in [5.41, 5.74) is 3.19.